The van der Waals surface area contributed by atoms with Crippen molar-refractivity contribution in [2.24, 2.45) is 0 Å². The largest absolute Gasteiger partial charge is 0.380 e. The van der Waals surface area contributed by atoms with E-state index in [0.29, 0.717) is 11.3 Å². The number of anilines is 2. The Bertz CT molecular complexity index is 877. The number of ether oxygens (including phenoxy) is 1. The molecule has 1 saturated heterocycles. The van der Waals surface area contributed by atoms with Gasteiger partial charge in [-0.05, 0) is 49.7 Å². The van der Waals surface area contributed by atoms with Crippen LogP contribution in [0.2, 0.25) is 0 Å². The minimum atomic E-state index is -3.70. The number of nitrogens with one attached hydrogen (secondary N) is 1. The van der Waals surface area contributed by atoms with Gasteiger partial charge < -0.3 is 9.64 Å². The fourth-order valence-electron chi connectivity index (χ4n) is 2.98. The molecule has 0 spiro atoms. The van der Waals surface area contributed by atoms with Crippen molar-refractivity contribution in [1.82, 2.24) is 0 Å². The average molecular weight is 374 g/mol. The number of rotatable bonds is 6. The Hall–Kier alpha value is -2.38. The van der Waals surface area contributed by atoms with Gasteiger partial charge in [0.25, 0.3) is 10.0 Å². The first-order chi connectivity index (χ1) is 12.4. The summed E-state index contributed by atoms with van der Waals surface area (Å²) < 4.78 is 32.9. The van der Waals surface area contributed by atoms with Crippen molar-refractivity contribution in [3.05, 3.63) is 54.1 Å². The zero-order valence-electron chi connectivity index (χ0n) is 14.8. The molecule has 1 N–H and O–H groups in total. The number of carbonyl (C=O) groups excluding carboxylic acids is 1. The van der Waals surface area contributed by atoms with Crippen molar-refractivity contribution in [2.75, 3.05) is 29.8 Å². The number of hydrogen-bond acceptors (Lipinski definition) is 5. The summed E-state index contributed by atoms with van der Waals surface area (Å²) in [6.45, 7) is 3.20. The van der Waals surface area contributed by atoms with Gasteiger partial charge in [-0.1, -0.05) is 12.1 Å². The normalized spacial score (nSPS) is 17.3. The first kappa shape index (κ1) is 18.4. The van der Waals surface area contributed by atoms with E-state index < -0.39 is 10.0 Å². The molecule has 1 atom stereocenters. The van der Waals surface area contributed by atoms with E-state index in [0.717, 1.165) is 25.2 Å². The monoisotopic (exact) mass is 374 g/mol. The van der Waals surface area contributed by atoms with E-state index in [2.05, 4.69) is 9.62 Å². The van der Waals surface area contributed by atoms with Crippen LogP contribution in [0.25, 0.3) is 0 Å². The Labute approximate surface area is 153 Å². The van der Waals surface area contributed by atoms with Gasteiger partial charge in [-0.3, -0.25) is 9.52 Å². The SMILES string of the molecule is COC1CCN(c2ccc(NS(=O)(=O)c3ccc(C(C)=O)cc3)cc2)C1. The predicted octanol–water partition coefficient (Wildman–Crippen LogP) is 2.92. The van der Waals surface area contributed by atoms with E-state index in [4.69, 9.17) is 4.74 Å². The number of sulfonamides is 1. The summed E-state index contributed by atoms with van der Waals surface area (Å²) in [6.07, 6.45) is 1.23. The molecule has 0 amide bonds. The van der Waals surface area contributed by atoms with Gasteiger partial charge in [-0.2, -0.15) is 0 Å². The molecule has 1 fully saturated rings. The molecule has 1 unspecified atom stereocenters. The Kier molecular flexibility index (Phi) is 5.29. The number of methoxy groups -OCH3 is 1. The molecule has 26 heavy (non-hydrogen) atoms. The average Bonchev–Trinajstić information content (AvgIpc) is 3.11. The van der Waals surface area contributed by atoms with Crippen LogP contribution in [0.3, 0.4) is 0 Å². The molecule has 0 bridgehead atoms. The van der Waals surface area contributed by atoms with Gasteiger partial charge in [-0.15, -0.1) is 0 Å². The molecule has 0 saturated carbocycles. The number of nitrogens with zero attached hydrogens (tertiary/aromatic N) is 1. The minimum Gasteiger partial charge on any atom is -0.380 e. The highest BCUT2D eigenvalue weighted by Gasteiger charge is 2.22. The standard InChI is InChI=1S/C19H22N2O4S/c1-14(22)15-3-9-19(10-4-15)26(23,24)20-16-5-7-17(8-6-16)21-12-11-18(13-21)25-2/h3-10,18,20H,11-13H2,1-2H3. The van der Waals surface area contributed by atoms with E-state index in [-0.39, 0.29) is 16.8 Å². The van der Waals surface area contributed by atoms with Gasteiger partial charge in [0.2, 0.25) is 0 Å². The van der Waals surface area contributed by atoms with Gasteiger partial charge in [0.15, 0.2) is 5.78 Å². The quantitative estimate of drug-likeness (QED) is 0.787. The highest BCUT2D eigenvalue weighted by Crippen LogP contribution is 2.24. The van der Waals surface area contributed by atoms with Crippen LogP contribution < -0.4 is 9.62 Å². The van der Waals surface area contributed by atoms with Crippen LogP contribution in [0.4, 0.5) is 11.4 Å². The van der Waals surface area contributed by atoms with E-state index in [1.54, 1.807) is 19.2 Å². The molecule has 0 aromatic heterocycles. The zero-order valence-corrected chi connectivity index (χ0v) is 15.6. The summed E-state index contributed by atoms with van der Waals surface area (Å²) in [5.41, 5.74) is 2.01. The molecule has 1 heterocycles. The number of hydrogen-bond donors (Lipinski definition) is 1. The third-order valence-corrected chi connectivity index (χ3v) is 5.93. The first-order valence-corrected chi connectivity index (χ1v) is 9.89. The van der Waals surface area contributed by atoms with Gasteiger partial charge in [-0.25, -0.2) is 8.42 Å². The van der Waals surface area contributed by atoms with Crippen LogP contribution in [-0.2, 0) is 14.8 Å². The van der Waals surface area contributed by atoms with Crippen molar-refractivity contribution in [3.63, 3.8) is 0 Å². The maximum atomic E-state index is 12.5. The van der Waals surface area contributed by atoms with E-state index in [1.165, 1.54) is 31.2 Å². The number of Topliss-reactive ketones (excluding diaryl/α,β-unsaturated/α-hetero) is 1. The van der Waals surface area contributed by atoms with Crippen molar-refractivity contribution in [2.45, 2.75) is 24.3 Å². The summed E-state index contributed by atoms with van der Waals surface area (Å²) in [7, 11) is -1.98. The van der Waals surface area contributed by atoms with Crippen molar-refractivity contribution >= 4 is 27.2 Å². The van der Waals surface area contributed by atoms with Crippen LogP contribution >= 0.6 is 0 Å². The predicted molar refractivity (Wildman–Crippen MR) is 101 cm³/mol. The molecule has 0 radical (unpaired) electrons. The highest BCUT2D eigenvalue weighted by atomic mass is 32.2. The molecule has 7 heteroatoms. The Morgan fingerprint density at radius 2 is 1.77 bits per heavy atom. The number of ketones is 1. The van der Waals surface area contributed by atoms with Crippen molar-refractivity contribution in [1.29, 1.82) is 0 Å². The lowest BCUT2D eigenvalue weighted by Gasteiger charge is -2.19. The number of carbonyl (C=O) groups is 1. The summed E-state index contributed by atoms with van der Waals surface area (Å²) in [5, 5.41) is 0. The lowest BCUT2D eigenvalue weighted by atomic mass is 10.2. The third kappa shape index (κ3) is 4.05. The summed E-state index contributed by atoms with van der Waals surface area (Å²) >= 11 is 0. The second kappa shape index (κ2) is 7.47. The fraction of sp³-hybridized carbons (Fsp3) is 0.316. The van der Waals surface area contributed by atoms with E-state index >= 15 is 0 Å². The topological polar surface area (TPSA) is 75.7 Å². The van der Waals surface area contributed by atoms with Crippen LogP contribution in [0, 0.1) is 0 Å². The first-order valence-electron chi connectivity index (χ1n) is 8.40. The van der Waals surface area contributed by atoms with Gasteiger partial charge in [0, 0.05) is 37.1 Å². The van der Waals surface area contributed by atoms with Crippen LogP contribution in [0.1, 0.15) is 23.7 Å². The van der Waals surface area contributed by atoms with Crippen LogP contribution in [0.15, 0.2) is 53.4 Å². The van der Waals surface area contributed by atoms with Gasteiger partial charge in [0.05, 0.1) is 11.0 Å². The highest BCUT2D eigenvalue weighted by molar-refractivity contribution is 7.92. The van der Waals surface area contributed by atoms with E-state index in [9.17, 15) is 13.2 Å². The smallest absolute Gasteiger partial charge is 0.261 e. The molecule has 138 valence electrons. The van der Waals surface area contributed by atoms with Gasteiger partial charge >= 0.3 is 0 Å². The molecule has 1 aliphatic heterocycles. The molecule has 3 rings (SSSR count). The summed E-state index contributed by atoms with van der Waals surface area (Å²) in [6, 6.07) is 13.2. The summed E-state index contributed by atoms with van der Waals surface area (Å²) in [4.78, 5) is 13.6. The van der Waals surface area contributed by atoms with Crippen LogP contribution in [0.5, 0.6) is 0 Å². The van der Waals surface area contributed by atoms with Gasteiger partial charge in [0.1, 0.15) is 0 Å². The van der Waals surface area contributed by atoms with Crippen molar-refractivity contribution in [3.8, 4) is 0 Å². The third-order valence-electron chi connectivity index (χ3n) is 4.53. The second-order valence-electron chi connectivity index (χ2n) is 6.33. The maximum Gasteiger partial charge on any atom is 0.261 e. The fourth-order valence-corrected chi connectivity index (χ4v) is 4.04. The van der Waals surface area contributed by atoms with Crippen LogP contribution in [-0.4, -0.2) is 40.5 Å². The lowest BCUT2D eigenvalue weighted by Crippen LogP contribution is -2.22. The molecule has 2 aromatic carbocycles. The Morgan fingerprint density at radius 1 is 1.12 bits per heavy atom. The van der Waals surface area contributed by atoms with Crippen molar-refractivity contribution < 1.29 is 17.9 Å². The molecule has 2 aromatic rings. The Balaban J connectivity index is 1.70. The molecular formula is C19H22N2O4S. The number of benzene rings is 2. The molecule has 0 aliphatic carbocycles. The van der Waals surface area contributed by atoms with E-state index in [1.807, 2.05) is 12.1 Å². The minimum absolute atomic E-state index is 0.102. The lowest BCUT2D eigenvalue weighted by molar-refractivity contribution is 0.101. The molecule has 6 nitrogen and oxygen atoms in total. The second-order valence-corrected chi connectivity index (χ2v) is 8.01. The Morgan fingerprint density at radius 3 is 2.31 bits per heavy atom. The summed E-state index contributed by atoms with van der Waals surface area (Å²) in [5.74, 6) is -0.102. The molecule has 1 aliphatic rings. The zero-order chi connectivity index (χ0) is 18.7. The maximum absolute atomic E-state index is 12.5. The molecular weight excluding hydrogens is 352 g/mol.